The molecule has 0 aliphatic rings. The minimum atomic E-state index is -0.862. The molecule has 0 unspecified atom stereocenters. The van der Waals surface area contributed by atoms with Gasteiger partial charge in [-0.1, -0.05) is 42.5 Å². The van der Waals surface area contributed by atoms with Gasteiger partial charge in [-0.15, -0.1) is 0 Å². The van der Waals surface area contributed by atoms with Crippen molar-refractivity contribution in [1.29, 1.82) is 0 Å². The summed E-state index contributed by atoms with van der Waals surface area (Å²) in [4.78, 5) is 23.4. The largest absolute Gasteiger partial charge is 0.489 e. The molecule has 0 radical (unpaired) electrons. The van der Waals surface area contributed by atoms with E-state index in [0.717, 1.165) is 11.1 Å². The highest BCUT2D eigenvalue weighted by atomic mass is 16.5. The number of hydrazone groups is 1. The molecule has 28 heavy (non-hydrogen) atoms. The lowest BCUT2D eigenvalue weighted by Gasteiger charge is -2.06. The summed E-state index contributed by atoms with van der Waals surface area (Å²) in [5.41, 5.74) is 3.97. The van der Waals surface area contributed by atoms with Crippen molar-refractivity contribution in [1.82, 2.24) is 10.7 Å². The van der Waals surface area contributed by atoms with E-state index in [1.807, 2.05) is 48.5 Å². The molecule has 0 bridgehead atoms. The molecule has 0 aliphatic carbocycles. The third kappa shape index (κ3) is 5.84. The van der Waals surface area contributed by atoms with Gasteiger partial charge in [0, 0.05) is 0 Å². The monoisotopic (exact) mass is 377 g/mol. The lowest BCUT2D eigenvalue weighted by Crippen LogP contribution is -2.37. The number of nitrogens with one attached hydrogen (secondary N) is 2. The fraction of sp³-hybridized carbons (Fsp3) is 0.0952. The second-order valence-corrected chi connectivity index (χ2v) is 5.81. The Bertz CT molecular complexity index is 937. The Morgan fingerprint density at radius 1 is 1.00 bits per heavy atom. The first-order chi connectivity index (χ1) is 13.7. The lowest BCUT2D eigenvalue weighted by molar-refractivity contribution is -0.139. The van der Waals surface area contributed by atoms with E-state index in [2.05, 4.69) is 15.8 Å². The second-order valence-electron chi connectivity index (χ2n) is 5.81. The molecule has 2 amide bonds. The van der Waals surface area contributed by atoms with Gasteiger partial charge in [0.1, 0.15) is 18.1 Å². The Balaban J connectivity index is 1.47. The Morgan fingerprint density at radius 3 is 2.64 bits per heavy atom. The Hall–Kier alpha value is -3.87. The van der Waals surface area contributed by atoms with Crippen LogP contribution in [0.3, 0.4) is 0 Å². The quantitative estimate of drug-likeness (QED) is 0.376. The standard InChI is InChI=1S/C21H19N3O4/c25-20(22-14-19-10-5-11-27-19)21(26)24-23-13-17-8-4-9-18(12-17)28-15-16-6-2-1-3-7-16/h1-13H,14-15H2,(H,22,25)(H,24,26)/b23-13+. The molecule has 0 aliphatic heterocycles. The molecule has 2 N–H and O–H groups in total. The van der Waals surface area contributed by atoms with E-state index in [9.17, 15) is 9.59 Å². The Kier molecular flexibility index (Phi) is 6.57. The van der Waals surface area contributed by atoms with E-state index in [4.69, 9.17) is 9.15 Å². The normalized spacial score (nSPS) is 10.6. The molecule has 7 nitrogen and oxygen atoms in total. The smallest absolute Gasteiger partial charge is 0.329 e. The van der Waals surface area contributed by atoms with Crippen LogP contribution in [-0.2, 0) is 22.7 Å². The number of hydrogen-bond acceptors (Lipinski definition) is 5. The van der Waals surface area contributed by atoms with E-state index in [1.165, 1.54) is 12.5 Å². The van der Waals surface area contributed by atoms with Crippen molar-refractivity contribution in [2.24, 2.45) is 5.10 Å². The van der Waals surface area contributed by atoms with Crippen molar-refractivity contribution in [3.05, 3.63) is 89.9 Å². The summed E-state index contributed by atoms with van der Waals surface area (Å²) in [7, 11) is 0. The summed E-state index contributed by atoms with van der Waals surface area (Å²) in [5, 5.41) is 6.24. The van der Waals surface area contributed by atoms with E-state index < -0.39 is 11.8 Å². The molecule has 3 rings (SSSR count). The van der Waals surface area contributed by atoms with Crippen LogP contribution in [0, 0.1) is 0 Å². The van der Waals surface area contributed by atoms with Gasteiger partial charge >= 0.3 is 11.8 Å². The Morgan fingerprint density at radius 2 is 1.86 bits per heavy atom. The molecule has 0 fully saturated rings. The minimum absolute atomic E-state index is 0.129. The molecule has 142 valence electrons. The van der Waals surface area contributed by atoms with Crippen LogP contribution in [-0.4, -0.2) is 18.0 Å². The van der Waals surface area contributed by atoms with Crippen LogP contribution in [0.15, 0.2) is 82.5 Å². The minimum Gasteiger partial charge on any atom is -0.489 e. The first-order valence-corrected chi connectivity index (χ1v) is 8.61. The van der Waals surface area contributed by atoms with Crippen LogP contribution in [0.1, 0.15) is 16.9 Å². The summed E-state index contributed by atoms with van der Waals surface area (Å²) >= 11 is 0. The number of carbonyl (C=O) groups excluding carboxylic acids is 2. The van der Waals surface area contributed by atoms with Crippen LogP contribution in [0.5, 0.6) is 5.75 Å². The highest BCUT2D eigenvalue weighted by Crippen LogP contribution is 2.14. The number of ether oxygens (including phenoxy) is 1. The van der Waals surface area contributed by atoms with Crippen molar-refractivity contribution < 1.29 is 18.7 Å². The SMILES string of the molecule is O=C(NCc1ccco1)C(=O)N/N=C/c1cccc(OCc2ccccc2)c1. The second kappa shape index (κ2) is 9.72. The van der Waals surface area contributed by atoms with Gasteiger partial charge in [-0.25, -0.2) is 5.43 Å². The van der Waals surface area contributed by atoms with Gasteiger partial charge in [-0.05, 0) is 35.4 Å². The molecule has 2 aromatic carbocycles. The number of furan rings is 1. The first kappa shape index (κ1) is 18.9. The summed E-state index contributed by atoms with van der Waals surface area (Å²) in [6.07, 6.45) is 2.93. The van der Waals surface area contributed by atoms with Gasteiger partial charge < -0.3 is 14.5 Å². The van der Waals surface area contributed by atoms with Gasteiger partial charge in [-0.3, -0.25) is 9.59 Å². The number of hydrogen-bond donors (Lipinski definition) is 2. The van der Waals surface area contributed by atoms with Crippen LogP contribution < -0.4 is 15.5 Å². The fourth-order valence-corrected chi connectivity index (χ4v) is 2.30. The molecular weight excluding hydrogens is 358 g/mol. The number of benzene rings is 2. The zero-order valence-corrected chi connectivity index (χ0v) is 15.0. The third-order valence-electron chi connectivity index (χ3n) is 3.70. The van der Waals surface area contributed by atoms with Crippen molar-refractivity contribution in [3.8, 4) is 5.75 Å². The summed E-state index contributed by atoms with van der Waals surface area (Å²) < 4.78 is 10.8. The van der Waals surface area contributed by atoms with Crippen molar-refractivity contribution >= 4 is 18.0 Å². The molecule has 0 saturated carbocycles. The van der Waals surface area contributed by atoms with Crippen LogP contribution in [0.25, 0.3) is 0 Å². The maximum absolute atomic E-state index is 11.7. The summed E-state index contributed by atoms with van der Waals surface area (Å²) in [5.74, 6) is -0.430. The van der Waals surface area contributed by atoms with Crippen LogP contribution in [0.2, 0.25) is 0 Å². The van der Waals surface area contributed by atoms with E-state index in [1.54, 1.807) is 18.2 Å². The van der Waals surface area contributed by atoms with E-state index in [-0.39, 0.29) is 6.54 Å². The topological polar surface area (TPSA) is 92.9 Å². The number of amides is 2. The average molecular weight is 377 g/mol. The maximum Gasteiger partial charge on any atom is 0.329 e. The van der Waals surface area contributed by atoms with Gasteiger partial charge in [-0.2, -0.15) is 5.10 Å². The molecule has 3 aromatic rings. The summed E-state index contributed by atoms with van der Waals surface area (Å²) in [6.45, 7) is 0.581. The van der Waals surface area contributed by atoms with Gasteiger partial charge in [0.25, 0.3) is 0 Å². The zero-order valence-electron chi connectivity index (χ0n) is 15.0. The number of nitrogens with zero attached hydrogens (tertiary/aromatic N) is 1. The van der Waals surface area contributed by atoms with Crippen molar-refractivity contribution in [2.75, 3.05) is 0 Å². The highest BCUT2D eigenvalue weighted by molar-refractivity contribution is 6.35. The maximum atomic E-state index is 11.7. The molecular formula is C21H19N3O4. The highest BCUT2D eigenvalue weighted by Gasteiger charge is 2.12. The Labute approximate surface area is 162 Å². The molecule has 1 heterocycles. The van der Waals surface area contributed by atoms with Crippen LogP contribution in [0.4, 0.5) is 0 Å². The molecule has 1 aromatic heterocycles. The molecule has 7 heteroatoms. The van der Waals surface area contributed by atoms with E-state index in [0.29, 0.717) is 18.1 Å². The van der Waals surface area contributed by atoms with Crippen molar-refractivity contribution in [2.45, 2.75) is 13.2 Å². The summed E-state index contributed by atoms with van der Waals surface area (Å²) in [6, 6.07) is 20.5. The number of carbonyl (C=O) groups is 2. The van der Waals surface area contributed by atoms with E-state index >= 15 is 0 Å². The molecule has 0 atom stereocenters. The predicted molar refractivity (Wildman–Crippen MR) is 104 cm³/mol. The average Bonchev–Trinajstić information content (AvgIpc) is 3.25. The van der Waals surface area contributed by atoms with Gasteiger partial charge in [0.2, 0.25) is 0 Å². The lowest BCUT2D eigenvalue weighted by atomic mass is 10.2. The predicted octanol–water partition coefficient (Wildman–Crippen LogP) is 2.63. The van der Waals surface area contributed by atoms with Crippen LogP contribution >= 0.6 is 0 Å². The molecule has 0 spiro atoms. The van der Waals surface area contributed by atoms with Crippen molar-refractivity contribution in [3.63, 3.8) is 0 Å². The van der Waals surface area contributed by atoms with Gasteiger partial charge in [0.15, 0.2) is 0 Å². The number of rotatable bonds is 7. The zero-order chi connectivity index (χ0) is 19.6. The first-order valence-electron chi connectivity index (χ1n) is 8.61. The third-order valence-corrected chi connectivity index (χ3v) is 3.70. The molecule has 0 saturated heterocycles. The van der Waals surface area contributed by atoms with Gasteiger partial charge in [0.05, 0.1) is 19.0 Å². The fourth-order valence-electron chi connectivity index (χ4n) is 2.30.